The predicted octanol–water partition coefficient (Wildman–Crippen LogP) is 4.13. The fourth-order valence-corrected chi connectivity index (χ4v) is 3.32. The van der Waals surface area contributed by atoms with Crippen LogP contribution in [0.1, 0.15) is 5.56 Å². The summed E-state index contributed by atoms with van der Waals surface area (Å²) in [5.41, 5.74) is 2.75. The van der Waals surface area contributed by atoms with Crippen molar-refractivity contribution in [3.8, 4) is 11.4 Å². The van der Waals surface area contributed by atoms with E-state index in [-0.39, 0.29) is 0 Å². The van der Waals surface area contributed by atoms with Crippen molar-refractivity contribution in [2.75, 3.05) is 0 Å². The van der Waals surface area contributed by atoms with Crippen LogP contribution >= 0.6 is 23.4 Å². The molecular weight excluding hydrogens is 342 g/mol. The van der Waals surface area contributed by atoms with Crippen LogP contribution in [0.4, 0.5) is 0 Å². The molecule has 0 bridgehead atoms. The largest absolute Gasteiger partial charge is 0.264 e. The van der Waals surface area contributed by atoms with E-state index in [0.717, 1.165) is 26.9 Å². The van der Waals surface area contributed by atoms with Crippen LogP contribution in [0, 0.1) is 0 Å². The van der Waals surface area contributed by atoms with Gasteiger partial charge in [0, 0.05) is 28.7 Å². The summed E-state index contributed by atoms with van der Waals surface area (Å²) in [4.78, 5) is 4.13. The van der Waals surface area contributed by atoms with E-state index in [1.807, 2.05) is 42.5 Å². The summed E-state index contributed by atoms with van der Waals surface area (Å²) in [7, 11) is 0. The van der Waals surface area contributed by atoms with Gasteiger partial charge in [0.05, 0.1) is 0 Å². The molecule has 0 spiro atoms. The van der Waals surface area contributed by atoms with Gasteiger partial charge in [-0.15, -0.1) is 10.2 Å². The maximum Gasteiger partial charge on any atom is 0.186 e. The lowest BCUT2D eigenvalue weighted by atomic mass is 10.2. The molecule has 0 aliphatic rings. The van der Waals surface area contributed by atoms with Gasteiger partial charge in [-0.3, -0.25) is 4.98 Å². The Morgan fingerprint density at radius 2 is 2.00 bits per heavy atom. The van der Waals surface area contributed by atoms with Crippen LogP contribution in [-0.4, -0.2) is 24.8 Å². The van der Waals surface area contributed by atoms with Gasteiger partial charge in [-0.1, -0.05) is 35.5 Å². The summed E-state index contributed by atoms with van der Waals surface area (Å²) in [5.74, 6) is 1.48. The third-order valence-corrected chi connectivity index (χ3v) is 4.66. The average Bonchev–Trinajstić information content (AvgIpc) is 3.04. The molecule has 0 radical (unpaired) electrons. The van der Waals surface area contributed by atoms with Crippen LogP contribution in [0.5, 0.6) is 0 Å². The molecule has 24 heavy (non-hydrogen) atoms. The van der Waals surface area contributed by atoms with Crippen LogP contribution in [0.3, 0.4) is 0 Å². The van der Waals surface area contributed by atoms with Crippen molar-refractivity contribution in [2.45, 2.75) is 10.8 Å². The predicted molar refractivity (Wildman–Crippen MR) is 95.0 cm³/mol. The zero-order valence-electron chi connectivity index (χ0n) is 12.5. The van der Waals surface area contributed by atoms with Crippen LogP contribution < -0.4 is 0 Å². The standard InChI is InChI=1S/C17H12ClN5S/c18-14-5-1-3-12(9-14)11-24-16-7-6-15-20-21-17(23(15)22-16)13-4-2-8-19-10-13/h1-10H,11H2. The molecule has 0 aliphatic carbocycles. The summed E-state index contributed by atoms with van der Waals surface area (Å²) in [6.45, 7) is 0. The van der Waals surface area contributed by atoms with E-state index in [1.54, 1.807) is 28.7 Å². The van der Waals surface area contributed by atoms with E-state index < -0.39 is 0 Å². The lowest BCUT2D eigenvalue weighted by Gasteiger charge is -2.04. The van der Waals surface area contributed by atoms with Crippen LogP contribution in [-0.2, 0) is 5.75 Å². The van der Waals surface area contributed by atoms with Crippen molar-refractivity contribution >= 4 is 29.0 Å². The molecule has 4 rings (SSSR count). The Bertz CT molecular complexity index is 987. The molecule has 0 aliphatic heterocycles. The van der Waals surface area contributed by atoms with Gasteiger partial charge < -0.3 is 0 Å². The van der Waals surface area contributed by atoms with E-state index >= 15 is 0 Å². The first-order chi connectivity index (χ1) is 11.8. The number of hydrogen-bond donors (Lipinski definition) is 0. The highest BCUT2D eigenvalue weighted by atomic mass is 35.5. The normalized spacial score (nSPS) is 11.0. The van der Waals surface area contributed by atoms with Gasteiger partial charge in [-0.05, 0) is 42.0 Å². The third kappa shape index (κ3) is 3.11. The Hall–Kier alpha value is -2.44. The Balaban J connectivity index is 1.63. The zero-order valence-corrected chi connectivity index (χ0v) is 14.1. The highest BCUT2D eigenvalue weighted by Gasteiger charge is 2.10. The molecule has 0 atom stereocenters. The van der Waals surface area contributed by atoms with E-state index in [2.05, 4.69) is 26.3 Å². The quantitative estimate of drug-likeness (QED) is 0.516. The van der Waals surface area contributed by atoms with E-state index in [1.165, 1.54) is 0 Å². The highest BCUT2D eigenvalue weighted by molar-refractivity contribution is 7.98. The number of nitrogens with zero attached hydrogens (tertiary/aromatic N) is 5. The molecule has 4 aromatic rings. The van der Waals surface area contributed by atoms with Gasteiger partial charge in [-0.25, -0.2) is 0 Å². The molecule has 0 unspecified atom stereocenters. The van der Waals surface area contributed by atoms with Crippen molar-refractivity contribution in [1.82, 2.24) is 24.8 Å². The summed E-state index contributed by atoms with van der Waals surface area (Å²) >= 11 is 7.67. The average molecular weight is 354 g/mol. The first-order valence-electron chi connectivity index (χ1n) is 7.30. The molecule has 118 valence electrons. The second-order valence-electron chi connectivity index (χ2n) is 5.13. The minimum atomic E-state index is 0.684. The Morgan fingerprint density at radius 1 is 1.04 bits per heavy atom. The van der Waals surface area contributed by atoms with Crippen LogP contribution in [0.25, 0.3) is 17.0 Å². The van der Waals surface area contributed by atoms with Gasteiger partial charge in [0.2, 0.25) is 0 Å². The van der Waals surface area contributed by atoms with Gasteiger partial charge in [-0.2, -0.15) is 9.61 Å². The molecule has 0 saturated heterocycles. The lowest BCUT2D eigenvalue weighted by molar-refractivity contribution is 0.860. The molecule has 0 fully saturated rings. The van der Waals surface area contributed by atoms with Crippen molar-refractivity contribution in [1.29, 1.82) is 0 Å². The number of pyridine rings is 1. The minimum absolute atomic E-state index is 0.684. The molecule has 1 aromatic carbocycles. The number of aromatic nitrogens is 5. The molecule has 0 N–H and O–H groups in total. The molecule has 5 nitrogen and oxygen atoms in total. The molecule has 0 saturated carbocycles. The Morgan fingerprint density at radius 3 is 2.83 bits per heavy atom. The van der Waals surface area contributed by atoms with Crippen LogP contribution in [0.2, 0.25) is 5.02 Å². The number of halogens is 1. The molecular formula is C17H12ClN5S. The second-order valence-corrected chi connectivity index (χ2v) is 6.56. The fraction of sp³-hybridized carbons (Fsp3) is 0.0588. The zero-order chi connectivity index (χ0) is 16.4. The summed E-state index contributed by atoms with van der Waals surface area (Å²) in [6.07, 6.45) is 3.48. The molecule has 3 heterocycles. The minimum Gasteiger partial charge on any atom is -0.264 e. The fourth-order valence-electron chi connectivity index (χ4n) is 2.31. The van der Waals surface area contributed by atoms with Gasteiger partial charge in [0.15, 0.2) is 11.5 Å². The Kier molecular flexibility index (Phi) is 4.15. The number of rotatable bonds is 4. The maximum absolute atomic E-state index is 6.03. The monoisotopic (exact) mass is 353 g/mol. The summed E-state index contributed by atoms with van der Waals surface area (Å²) in [6, 6.07) is 15.5. The number of benzene rings is 1. The van der Waals surface area contributed by atoms with E-state index in [4.69, 9.17) is 11.6 Å². The Labute approximate surface area is 147 Å². The molecule has 3 aromatic heterocycles. The smallest absolute Gasteiger partial charge is 0.186 e. The number of thioether (sulfide) groups is 1. The van der Waals surface area contributed by atoms with Gasteiger partial charge >= 0.3 is 0 Å². The maximum atomic E-state index is 6.03. The highest BCUT2D eigenvalue weighted by Crippen LogP contribution is 2.24. The number of fused-ring (bicyclic) bond motifs is 1. The molecule has 0 amide bonds. The van der Waals surface area contributed by atoms with Crippen molar-refractivity contribution in [2.24, 2.45) is 0 Å². The van der Waals surface area contributed by atoms with Crippen LogP contribution in [0.15, 0.2) is 66.0 Å². The van der Waals surface area contributed by atoms with Crippen molar-refractivity contribution in [3.05, 3.63) is 71.5 Å². The third-order valence-electron chi connectivity index (χ3n) is 3.43. The summed E-state index contributed by atoms with van der Waals surface area (Å²) < 4.78 is 1.75. The first-order valence-corrected chi connectivity index (χ1v) is 8.66. The topological polar surface area (TPSA) is 56.0 Å². The van der Waals surface area contributed by atoms with Gasteiger partial charge in [0.25, 0.3) is 0 Å². The van der Waals surface area contributed by atoms with Gasteiger partial charge in [0.1, 0.15) is 5.03 Å². The number of hydrogen-bond acceptors (Lipinski definition) is 5. The van der Waals surface area contributed by atoms with E-state index in [9.17, 15) is 0 Å². The SMILES string of the molecule is Clc1cccc(CSc2ccc3nnc(-c4cccnc4)n3n2)c1. The van der Waals surface area contributed by atoms with Crippen molar-refractivity contribution < 1.29 is 0 Å². The molecule has 7 heteroatoms. The second kappa shape index (κ2) is 6.59. The lowest BCUT2D eigenvalue weighted by Crippen LogP contribution is -1.97. The van der Waals surface area contributed by atoms with E-state index in [0.29, 0.717) is 11.5 Å². The summed E-state index contributed by atoms with van der Waals surface area (Å²) in [5, 5.41) is 14.7. The first kappa shape index (κ1) is 15.1. The van der Waals surface area contributed by atoms with Crippen molar-refractivity contribution in [3.63, 3.8) is 0 Å².